The summed E-state index contributed by atoms with van der Waals surface area (Å²) >= 11 is 0. The zero-order chi connectivity index (χ0) is 17.5. The monoisotopic (exact) mass is 338 g/mol. The van der Waals surface area contributed by atoms with Gasteiger partial charge in [0, 0.05) is 5.56 Å². The van der Waals surface area contributed by atoms with Crippen molar-refractivity contribution in [3.8, 4) is 11.5 Å². The van der Waals surface area contributed by atoms with Gasteiger partial charge in [0.15, 0.2) is 11.5 Å². The van der Waals surface area contributed by atoms with Crippen LogP contribution in [0.15, 0.2) is 47.6 Å². The van der Waals surface area contributed by atoms with Gasteiger partial charge in [-0.25, -0.2) is 9.82 Å². The molecule has 24 heavy (non-hydrogen) atoms. The molecule has 0 heterocycles. The number of rotatable bonds is 6. The molecule has 0 aliphatic heterocycles. The fourth-order valence-electron chi connectivity index (χ4n) is 1.79. The maximum Gasteiger partial charge on any atom is 0.387 e. The van der Waals surface area contributed by atoms with Crippen LogP contribution in [0.5, 0.6) is 11.5 Å². The van der Waals surface area contributed by atoms with Crippen molar-refractivity contribution >= 4 is 12.1 Å². The number of methoxy groups -OCH3 is 1. The van der Waals surface area contributed by atoms with Crippen molar-refractivity contribution in [2.45, 2.75) is 6.61 Å². The lowest BCUT2D eigenvalue weighted by molar-refractivity contribution is -0.0512. The lowest BCUT2D eigenvalue weighted by Crippen LogP contribution is -2.17. The molecule has 0 spiro atoms. The first-order valence-corrected chi connectivity index (χ1v) is 6.71. The molecule has 0 radical (unpaired) electrons. The zero-order valence-electron chi connectivity index (χ0n) is 12.5. The van der Waals surface area contributed by atoms with Gasteiger partial charge in [-0.2, -0.15) is 13.9 Å². The highest BCUT2D eigenvalue weighted by molar-refractivity contribution is 5.94. The Morgan fingerprint density at radius 1 is 1.17 bits per heavy atom. The largest absolute Gasteiger partial charge is 0.493 e. The second kappa shape index (κ2) is 8.00. The number of nitrogens with one attached hydrogen (secondary N) is 1. The molecule has 0 unspecified atom stereocenters. The van der Waals surface area contributed by atoms with Crippen molar-refractivity contribution in [3.05, 3.63) is 59.4 Å². The first-order valence-electron chi connectivity index (χ1n) is 6.71. The van der Waals surface area contributed by atoms with E-state index in [-0.39, 0.29) is 17.1 Å². The highest BCUT2D eigenvalue weighted by atomic mass is 19.3. The summed E-state index contributed by atoms with van der Waals surface area (Å²) in [4.78, 5) is 11.8. The lowest BCUT2D eigenvalue weighted by atomic mass is 10.2. The van der Waals surface area contributed by atoms with Crippen LogP contribution in [0.1, 0.15) is 15.9 Å². The van der Waals surface area contributed by atoms with E-state index in [0.29, 0.717) is 5.56 Å². The Kier molecular flexibility index (Phi) is 5.78. The van der Waals surface area contributed by atoms with Gasteiger partial charge in [-0.1, -0.05) is 0 Å². The molecule has 0 saturated carbocycles. The average molecular weight is 338 g/mol. The number of hydrazone groups is 1. The molecule has 0 atom stereocenters. The van der Waals surface area contributed by atoms with Gasteiger partial charge >= 0.3 is 6.61 Å². The summed E-state index contributed by atoms with van der Waals surface area (Å²) in [6, 6.07) is 9.18. The smallest absolute Gasteiger partial charge is 0.387 e. The van der Waals surface area contributed by atoms with E-state index in [0.717, 1.165) is 12.1 Å². The summed E-state index contributed by atoms with van der Waals surface area (Å²) in [6.07, 6.45) is 1.25. The predicted octanol–water partition coefficient (Wildman–Crippen LogP) is 3.20. The van der Waals surface area contributed by atoms with Crippen LogP contribution < -0.4 is 14.9 Å². The van der Waals surface area contributed by atoms with Crippen molar-refractivity contribution in [1.82, 2.24) is 5.43 Å². The molecule has 0 bridgehead atoms. The fourth-order valence-corrected chi connectivity index (χ4v) is 1.79. The third-order valence-electron chi connectivity index (χ3n) is 2.89. The molecule has 5 nitrogen and oxygen atoms in total. The van der Waals surface area contributed by atoms with Gasteiger partial charge in [-0.05, 0) is 48.0 Å². The third kappa shape index (κ3) is 4.73. The second-order valence-electron chi connectivity index (χ2n) is 4.49. The Bertz CT molecular complexity index is 734. The van der Waals surface area contributed by atoms with Crippen LogP contribution in [-0.2, 0) is 0 Å². The summed E-state index contributed by atoms with van der Waals surface area (Å²) in [5.41, 5.74) is 2.88. The molecule has 0 aromatic heterocycles. The molecule has 1 amide bonds. The van der Waals surface area contributed by atoms with Crippen molar-refractivity contribution in [3.63, 3.8) is 0 Å². The number of halogens is 3. The number of alkyl halides is 2. The zero-order valence-corrected chi connectivity index (χ0v) is 12.5. The van der Waals surface area contributed by atoms with Crippen LogP contribution in [0, 0.1) is 5.82 Å². The highest BCUT2D eigenvalue weighted by Crippen LogP contribution is 2.28. The van der Waals surface area contributed by atoms with E-state index in [4.69, 9.17) is 4.74 Å². The molecular weight excluding hydrogens is 325 g/mol. The van der Waals surface area contributed by atoms with Crippen LogP contribution in [0.2, 0.25) is 0 Å². The van der Waals surface area contributed by atoms with Gasteiger partial charge in [-0.15, -0.1) is 0 Å². The Hall–Kier alpha value is -3.03. The summed E-state index contributed by atoms with van der Waals surface area (Å²) in [7, 11) is 1.32. The molecule has 8 heteroatoms. The highest BCUT2D eigenvalue weighted by Gasteiger charge is 2.11. The van der Waals surface area contributed by atoms with E-state index in [2.05, 4.69) is 15.3 Å². The first-order chi connectivity index (χ1) is 11.5. The second-order valence-corrected chi connectivity index (χ2v) is 4.49. The van der Waals surface area contributed by atoms with E-state index in [1.807, 2.05) is 0 Å². The number of hydrogen-bond acceptors (Lipinski definition) is 4. The molecular formula is C16H13F3N2O3. The molecule has 126 valence electrons. The number of carbonyl (C=O) groups is 1. The summed E-state index contributed by atoms with van der Waals surface area (Å²) in [5.74, 6) is -1.01. The summed E-state index contributed by atoms with van der Waals surface area (Å²) < 4.78 is 46.7. The van der Waals surface area contributed by atoms with E-state index < -0.39 is 18.3 Å². The van der Waals surface area contributed by atoms with E-state index in [9.17, 15) is 18.0 Å². The number of hydrogen-bond donors (Lipinski definition) is 1. The maximum atomic E-state index is 12.8. The Morgan fingerprint density at radius 2 is 1.88 bits per heavy atom. The van der Waals surface area contributed by atoms with Crippen LogP contribution in [0.25, 0.3) is 0 Å². The van der Waals surface area contributed by atoms with Gasteiger partial charge in [0.25, 0.3) is 5.91 Å². The van der Waals surface area contributed by atoms with Crippen LogP contribution >= 0.6 is 0 Å². The molecule has 2 aromatic carbocycles. The molecule has 0 saturated heterocycles. The Labute approximate surface area is 135 Å². The van der Waals surface area contributed by atoms with Crippen molar-refractivity contribution in [2.75, 3.05) is 7.11 Å². The van der Waals surface area contributed by atoms with Gasteiger partial charge in [0.1, 0.15) is 5.82 Å². The molecule has 0 fully saturated rings. The maximum absolute atomic E-state index is 12.8. The van der Waals surface area contributed by atoms with Gasteiger partial charge < -0.3 is 9.47 Å². The minimum Gasteiger partial charge on any atom is -0.493 e. The van der Waals surface area contributed by atoms with E-state index in [1.165, 1.54) is 37.6 Å². The van der Waals surface area contributed by atoms with E-state index >= 15 is 0 Å². The summed E-state index contributed by atoms with van der Waals surface area (Å²) in [5, 5.41) is 3.71. The number of amides is 1. The summed E-state index contributed by atoms with van der Waals surface area (Å²) in [6.45, 7) is -3.00. The first kappa shape index (κ1) is 17.3. The lowest BCUT2D eigenvalue weighted by Gasteiger charge is -2.10. The molecule has 2 aromatic rings. The number of nitrogens with zero attached hydrogens (tertiary/aromatic N) is 1. The van der Waals surface area contributed by atoms with Gasteiger partial charge in [-0.3, -0.25) is 4.79 Å². The normalized spacial score (nSPS) is 10.9. The minimum absolute atomic E-state index is 0.141. The van der Waals surface area contributed by atoms with E-state index in [1.54, 1.807) is 6.07 Å². The van der Waals surface area contributed by atoms with Gasteiger partial charge in [0.05, 0.1) is 13.3 Å². The predicted molar refractivity (Wildman–Crippen MR) is 81.1 cm³/mol. The number of benzene rings is 2. The number of carbonyl (C=O) groups excluding carboxylic acids is 1. The van der Waals surface area contributed by atoms with Crippen LogP contribution in [0.3, 0.4) is 0 Å². The fraction of sp³-hybridized carbons (Fsp3) is 0.125. The quantitative estimate of drug-likeness (QED) is 0.650. The van der Waals surface area contributed by atoms with Gasteiger partial charge in [0.2, 0.25) is 0 Å². The SMILES string of the molecule is COc1ccc(/C=N\NC(=O)c2ccc(F)cc2)cc1OC(F)F. The Balaban J connectivity index is 2.05. The Morgan fingerprint density at radius 3 is 2.50 bits per heavy atom. The topological polar surface area (TPSA) is 59.9 Å². The standard InChI is InChI=1S/C16H13F3N2O3/c1-23-13-7-2-10(8-14(13)24-16(18)19)9-20-21-15(22)11-3-5-12(17)6-4-11/h2-9,16H,1H3,(H,21,22)/b20-9-. The molecule has 0 aliphatic carbocycles. The average Bonchev–Trinajstić information content (AvgIpc) is 2.55. The minimum atomic E-state index is -3.00. The molecule has 2 rings (SSSR count). The van der Waals surface area contributed by atoms with Crippen LogP contribution in [0.4, 0.5) is 13.2 Å². The van der Waals surface area contributed by atoms with Crippen molar-refractivity contribution < 1.29 is 27.4 Å². The van der Waals surface area contributed by atoms with Crippen molar-refractivity contribution in [1.29, 1.82) is 0 Å². The third-order valence-corrected chi connectivity index (χ3v) is 2.89. The number of ether oxygens (including phenoxy) is 2. The van der Waals surface area contributed by atoms with Crippen LogP contribution in [-0.4, -0.2) is 25.8 Å². The molecule has 0 aliphatic rings. The van der Waals surface area contributed by atoms with Crippen molar-refractivity contribution in [2.24, 2.45) is 5.10 Å². The molecule has 1 N–H and O–H groups in total.